The van der Waals surface area contributed by atoms with E-state index in [9.17, 15) is 4.79 Å². The zero-order valence-corrected chi connectivity index (χ0v) is 12.4. The summed E-state index contributed by atoms with van der Waals surface area (Å²) in [5.74, 6) is 2.67. The molecule has 0 unspecified atom stereocenters. The van der Waals surface area contributed by atoms with Gasteiger partial charge in [0.1, 0.15) is 17.5 Å². The SMILES string of the molecule is CCNc1cc(N2CCC(NC(C)=O)CC2)nc(C)n1. The maximum Gasteiger partial charge on any atom is 0.217 e. The second-order valence-electron chi connectivity index (χ2n) is 5.15. The third kappa shape index (κ3) is 3.82. The molecule has 0 saturated carbocycles. The van der Waals surface area contributed by atoms with E-state index in [0.29, 0.717) is 6.04 Å². The van der Waals surface area contributed by atoms with Crippen LogP contribution in [0, 0.1) is 6.92 Å². The molecule has 1 saturated heterocycles. The number of rotatable bonds is 4. The number of hydrogen-bond donors (Lipinski definition) is 2. The van der Waals surface area contributed by atoms with Gasteiger partial charge in [0.15, 0.2) is 0 Å². The first-order valence-electron chi connectivity index (χ1n) is 7.20. The molecular formula is C14H23N5O. The van der Waals surface area contributed by atoms with E-state index in [1.165, 1.54) is 0 Å². The Labute approximate surface area is 120 Å². The molecule has 6 nitrogen and oxygen atoms in total. The van der Waals surface area contributed by atoms with Gasteiger partial charge in [0.25, 0.3) is 0 Å². The second-order valence-corrected chi connectivity index (χ2v) is 5.15. The first kappa shape index (κ1) is 14.6. The molecule has 1 aliphatic heterocycles. The lowest BCUT2D eigenvalue weighted by molar-refractivity contribution is -0.119. The molecule has 1 aromatic rings. The van der Waals surface area contributed by atoms with Gasteiger partial charge in [0.05, 0.1) is 0 Å². The highest BCUT2D eigenvalue weighted by atomic mass is 16.1. The third-order valence-electron chi connectivity index (χ3n) is 3.41. The Bertz CT molecular complexity index is 469. The van der Waals surface area contributed by atoms with Crippen molar-refractivity contribution in [1.29, 1.82) is 0 Å². The van der Waals surface area contributed by atoms with Gasteiger partial charge in [-0.3, -0.25) is 4.79 Å². The third-order valence-corrected chi connectivity index (χ3v) is 3.41. The normalized spacial score (nSPS) is 16.1. The first-order chi connectivity index (χ1) is 9.58. The van der Waals surface area contributed by atoms with Crippen molar-refractivity contribution in [2.75, 3.05) is 29.9 Å². The molecule has 1 amide bonds. The van der Waals surface area contributed by atoms with E-state index >= 15 is 0 Å². The Morgan fingerprint density at radius 2 is 2.10 bits per heavy atom. The molecular weight excluding hydrogens is 254 g/mol. The number of piperidine rings is 1. The Morgan fingerprint density at radius 3 is 2.70 bits per heavy atom. The van der Waals surface area contributed by atoms with Crippen LogP contribution in [-0.2, 0) is 4.79 Å². The van der Waals surface area contributed by atoms with Crippen LogP contribution in [0.25, 0.3) is 0 Å². The minimum absolute atomic E-state index is 0.0516. The van der Waals surface area contributed by atoms with Crippen molar-refractivity contribution in [1.82, 2.24) is 15.3 Å². The molecule has 0 bridgehead atoms. The van der Waals surface area contributed by atoms with E-state index in [-0.39, 0.29) is 5.91 Å². The van der Waals surface area contributed by atoms with Crippen LogP contribution < -0.4 is 15.5 Å². The number of carbonyl (C=O) groups is 1. The standard InChI is InChI=1S/C14H23N5O/c1-4-15-13-9-14(17-10(2)16-13)19-7-5-12(6-8-19)18-11(3)20/h9,12H,4-8H2,1-3H3,(H,18,20)(H,15,16,17). The predicted octanol–water partition coefficient (Wildman–Crippen LogP) is 1.32. The predicted molar refractivity (Wildman–Crippen MR) is 80.0 cm³/mol. The van der Waals surface area contributed by atoms with Gasteiger partial charge in [0.2, 0.25) is 5.91 Å². The summed E-state index contributed by atoms with van der Waals surface area (Å²) >= 11 is 0. The van der Waals surface area contributed by atoms with E-state index in [0.717, 1.165) is 49.9 Å². The second kappa shape index (κ2) is 6.54. The minimum atomic E-state index is 0.0516. The Morgan fingerprint density at radius 1 is 1.40 bits per heavy atom. The molecule has 0 aromatic carbocycles. The molecule has 1 aromatic heterocycles. The van der Waals surface area contributed by atoms with Crippen LogP contribution in [0.15, 0.2) is 6.07 Å². The van der Waals surface area contributed by atoms with Gasteiger partial charge >= 0.3 is 0 Å². The fraction of sp³-hybridized carbons (Fsp3) is 0.643. The monoisotopic (exact) mass is 277 g/mol. The van der Waals surface area contributed by atoms with Crippen molar-refractivity contribution in [3.8, 4) is 0 Å². The summed E-state index contributed by atoms with van der Waals surface area (Å²) in [6, 6.07) is 2.29. The summed E-state index contributed by atoms with van der Waals surface area (Å²) in [6.45, 7) is 8.20. The highest BCUT2D eigenvalue weighted by Crippen LogP contribution is 2.20. The van der Waals surface area contributed by atoms with Crippen LogP contribution in [0.5, 0.6) is 0 Å². The smallest absolute Gasteiger partial charge is 0.217 e. The minimum Gasteiger partial charge on any atom is -0.370 e. The maximum atomic E-state index is 11.1. The highest BCUT2D eigenvalue weighted by Gasteiger charge is 2.21. The van der Waals surface area contributed by atoms with Gasteiger partial charge in [-0.25, -0.2) is 9.97 Å². The van der Waals surface area contributed by atoms with Gasteiger partial charge in [-0.2, -0.15) is 0 Å². The molecule has 0 atom stereocenters. The molecule has 2 N–H and O–H groups in total. The average Bonchev–Trinajstić information content (AvgIpc) is 2.38. The van der Waals surface area contributed by atoms with E-state index in [2.05, 4.69) is 32.4 Å². The average molecular weight is 277 g/mol. The number of nitrogens with zero attached hydrogens (tertiary/aromatic N) is 3. The number of anilines is 2. The number of aromatic nitrogens is 2. The Balaban J connectivity index is 2.01. The highest BCUT2D eigenvalue weighted by molar-refractivity contribution is 5.73. The molecule has 2 heterocycles. The van der Waals surface area contributed by atoms with Crippen LogP contribution in [0.3, 0.4) is 0 Å². The van der Waals surface area contributed by atoms with E-state index < -0.39 is 0 Å². The van der Waals surface area contributed by atoms with Gasteiger partial charge < -0.3 is 15.5 Å². The van der Waals surface area contributed by atoms with Crippen LogP contribution in [0.4, 0.5) is 11.6 Å². The summed E-state index contributed by atoms with van der Waals surface area (Å²) in [5.41, 5.74) is 0. The quantitative estimate of drug-likeness (QED) is 0.868. The fourth-order valence-electron chi connectivity index (χ4n) is 2.53. The zero-order valence-electron chi connectivity index (χ0n) is 12.4. The molecule has 0 aliphatic carbocycles. The topological polar surface area (TPSA) is 70.2 Å². The van der Waals surface area contributed by atoms with Crippen molar-refractivity contribution in [3.63, 3.8) is 0 Å². The van der Waals surface area contributed by atoms with Gasteiger partial charge in [0, 0.05) is 38.7 Å². The Kier molecular flexibility index (Phi) is 4.76. The molecule has 0 radical (unpaired) electrons. The maximum absolute atomic E-state index is 11.1. The number of aryl methyl sites for hydroxylation is 1. The van der Waals surface area contributed by atoms with Crippen molar-refractivity contribution in [2.24, 2.45) is 0 Å². The summed E-state index contributed by atoms with van der Waals surface area (Å²) in [5, 5.41) is 6.21. The van der Waals surface area contributed by atoms with Crippen molar-refractivity contribution in [3.05, 3.63) is 11.9 Å². The number of hydrogen-bond acceptors (Lipinski definition) is 5. The number of nitrogens with one attached hydrogen (secondary N) is 2. The van der Waals surface area contributed by atoms with Crippen LogP contribution in [-0.4, -0.2) is 41.6 Å². The largest absolute Gasteiger partial charge is 0.370 e. The lowest BCUT2D eigenvalue weighted by atomic mass is 10.1. The summed E-state index contributed by atoms with van der Waals surface area (Å²) in [7, 11) is 0. The fourth-order valence-corrected chi connectivity index (χ4v) is 2.53. The molecule has 1 aliphatic rings. The van der Waals surface area contributed by atoms with Gasteiger partial charge in [-0.1, -0.05) is 0 Å². The molecule has 110 valence electrons. The van der Waals surface area contributed by atoms with Gasteiger partial charge in [-0.15, -0.1) is 0 Å². The van der Waals surface area contributed by atoms with Gasteiger partial charge in [-0.05, 0) is 26.7 Å². The zero-order chi connectivity index (χ0) is 14.5. The molecule has 1 fully saturated rings. The summed E-state index contributed by atoms with van der Waals surface area (Å²) in [6.07, 6.45) is 1.92. The molecule has 0 spiro atoms. The Hall–Kier alpha value is -1.85. The molecule has 20 heavy (non-hydrogen) atoms. The van der Waals surface area contributed by atoms with Crippen LogP contribution in [0.1, 0.15) is 32.5 Å². The number of carbonyl (C=O) groups excluding carboxylic acids is 1. The van der Waals surface area contributed by atoms with Crippen LogP contribution in [0.2, 0.25) is 0 Å². The summed E-state index contributed by atoms with van der Waals surface area (Å²) in [4.78, 5) is 22.2. The van der Waals surface area contributed by atoms with E-state index in [1.54, 1.807) is 6.92 Å². The molecule has 6 heteroatoms. The van der Waals surface area contributed by atoms with Crippen LogP contribution >= 0.6 is 0 Å². The number of amides is 1. The van der Waals surface area contributed by atoms with E-state index in [1.807, 2.05) is 13.0 Å². The van der Waals surface area contributed by atoms with Crippen molar-refractivity contribution < 1.29 is 4.79 Å². The molecule has 2 rings (SSSR count). The summed E-state index contributed by atoms with van der Waals surface area (Å²) < 4.78 is 0. The first-order valence-corrected chi connectivity index (χ1v) is 7.20. The lowest BCUT2D eigenvalue weighted by Crippen LogP contribution is -2.44. The van der Waals surface area contributed by atoms with Crippen molar-refractivity contribution >= 4 is 17.5 Å². The van der Waals surface area contributed by atoms with Crippen molar-refractivity contribution in [2.45, 2.75) is 39.7 Å². The van der Waals surface area contributed by atoms with E-state index in [4.69, 9.17) is 0 Å². The lowest BCUT2D eigenvalue weighted by Gasteiger charge is -2.33.